The maximum Gasteiger partial charge on any atom is 0.410 e. The van der Waals surface area contributed by atoms with E-state index in [2.05, 4.69) is 31.7 Å². The summed E-state index contributed by atoms with van der Waals surface area (Å²) in [6.45, 7) is 12.7. The first-order chi connectivity index (χ1) is 19.0. The zero-order valence-electron chi connectivity index (χ0n) is 24.6. The molecule has 0 unspecified atom stereocenters. The number of epoxide rings is 2. The van der Waals surface area contributed by atoms with E-state index >= 15 is 0 Å². The Morgan fingerprint density at radius 1 is 1.12 bits per heavy atom. The Morgan fingerprint density at radius 2 is 1.80 bits per heavy atom. The van der Waals surface area contributed by atoms with Crippen LogP contribution in [0.4, 0.5) is 13.6 Å². The number of carbonyl (C=O) groups is 1. The van der Waals surface area contributed by atoms with Crippen LogP contribution in [0.25, 0.3) is 0 Å². The van der Waals surface area contributed by atoms with Gasteiger partial charge in [-0.15, -0.1) is 0 Å². The second-order valence-electron chi connectivity index (χ2n) is 13.9. The topological polar surface area (TPSA) is 70.3 Å². The molecule has 10 heteroatoms. The Labute approximate surface area is 237 Å². The Balaban J connectivity index is 0.965. The number of amides is 1. The molecule has 4 saturated heterocycles. The van der Waals surface area contributed by atoms with Gasteiger partial charge in [0.05, 0.1) is 25.2 Å². The van der Waals surface area contributed by atoms with Gasteiger partial charge in [-0.05, 0) is 58.8 Å². The standard InChI is InChI=1S/C30H47F2N3O5/c1-20(2)5-6-23-28(3,40-23)26-25(37-4)22(7-8-30(26)19-38-30)39-27(36)35-17-29(18-35)13-21(14-29)15-33-9-11-34(12-10-33)16-24(31)32/h5,21-26H,6-19H2,1-4H3/t22-,23-,25-,26-,28+,30+/m1/s1. The molecule has 2 aliphatic carbocycles. The van der Waals surface area contributed by atoms with Crippen LogP contribution in [0.1, 0.15) is 52.9 Å². The molecular weight excluding hydrogens is 520 g/mol. The zero-order valence-corrected chi connectivity index (χ0v) is 24.6. The summed E-state index contributed by atoms with van der Waals surface area (Å²) in [4.78, 5) is 19.3. The summed E-state index contributed by atoms with van der Waals surface area (Å²) in [5, 5.41) is 0. The van der Waals surface area contributed by atoms with Gasteiger partial charge in [0.25, 0.3) is 6.43 Å². The number of methoxy groups -OCH3 is 1. The third kappa shape index (κ3) is 5.55. The molecule has 0 N–H and O–H groups in total. The van der Waals surface area contributed by atoms with Gasteiger partial charge in [-0.2, -0.15) is 0 Å². The number of allylic oxidation sites excluding steroid dienone is 1. The Morgan fingerprint density at radius 3 is 2.40 bits per heavy atom. The van der Waals surface area contributed by atoms with Crippen LogP contribution < -0.4 is 0 Å². The summed E-state index contributed by atoms with van der Waals surface area (Å²) in [6.07, 6.45) is 4.02. The number of rotatable bonds is 9. The first kappa shape index (κ1) is 28.8. The normalized spacial score (nSPS) is 39.2. The van der Waals surface area contributed by atoms with Gasteiger partial charge in [-0.25, -0.2) is 13.6 Å². The maximum atomic E-state index is 13.2. The number of carbonyl (C=O) groups excluding carboxylic acids is 1. The molecule has 6 atom stereocenters. The predicted octanol–water partition coefficient (Wildman–Crippen LogP) is 3.79. The molecule has 2 saturated carbocycles. The van der Waals surface area contributed by atoms with Crippen molar-refractivity contribution in [2.24, 2.45) is 17.3 Å². The van der Waals surface area contributed by atoms with Crippen molar-refractivity contribution < 1.29 is 32.5 Å². The fraction of sp³-hybridized carbons (Fsp3) is 0.900. The molecule has 4 heterocycles. The van der Waals surface area contributed by atoms with Gasteiger partial charge in [-0.1, -0.05) is 11.6 Å². The molecule has 1 amide bonds. The number of hydrogen-bond donors (Lipinski definition) is 0. The van der Waals surface area contributed by atoms with Crippen LogP contribution in [0.5, 0.6) is 0 Å². The highest BCUT2D eigenvalue weighted by Crippen LogP contribution is 2.60. The third-order valence-corrected chi connectivity index (χ3v) is 10.6. The van der Waals surface area contributed by atoms with Crippen molar-refractivity contribution in [2.75, 3.05) is 66.1 Å². The maximum absolute atomic E-state index is 13.2. The molecule has 0 bridgehead atoms. The first-order valence-corrected chi connectivity index (χ1v) is 15.2. The SMILES string of the molecule is CO[C@@H]1[C@H](OC(=O)N2CC3(CC(CN4CCN(CC(F)F)CC4)C3)C2)CC[C@]2(CO2)[C@H]1[C@@]1(C)O[C@@H]1CC=C(C)C. The van der Waals surface area contributed by atoms with E-state index in [-0.39, 0.29) is 53.5 Å². The molecule has 0 aromatic rings. The molecule has 6 fully saturated rings. The largest absolute Gasteiger partial charge is 0.443 e. The highest BCUT2D eigenvalue weighted by atomic mass is 19.3. The average molecular weight is 568 g/mol. The minimum Gasteiger partial charge on any atom is -0.443 e. The second kappa shape index (κ2) is 10.7. The van der Waals surface area contributed by atoms with E-state index in [1.54, 1.807) is 7.11 Å². The fourth-order valence-electron chi connectivity index (χ4n) is 8.43. The average Bonchev–Trinajstić information content (AvgIpc) is 3.77. The van der Waals surface area contributed by atoms with Gasteiger partial charge in [-0.3, -0.25) is 4.90 Å². The minimum atomic E-state index is -2.25. The molecule has 8 nitrogen and oxygen atoms in total. The van der Waals surface area contributed by atoms with Gasteiger partial charge in [0.1, 0.15) is 23.4 Å². The third-order valence-electron chi connectivity index (χ3n) is 10.6. The fourth-order valence-corrected chi connectivity index (χ4v) is 8.43. The summed E-state index contributed by atoms with van der Waals surface area (Å²) in [5.74, 6) is 0.657. The van der Waals surface area contributed by atoms with Crippen molar-refractivity contribution in [3.63, 3.8) is 0 Å². The van der Waals surface area contributed by atoms with E-state index in [1.165, 1.54) is 5.57 Å². The van der Waals surface area contributed by atoms with E-state index in [9.17, 15) is 13.6 Å². The summed E-state index contributed by atoms with van der Waals surface area (Å²) in [5.41, 5.74) is 0.946. The van der Waals surface area contributed by atoms with Crippen LogP contribution in [0.15, 0.2) is 11.6 Å². The van der Waals surface area contributed by atoms with Gasteiger partial charge >= 0.3 is 6.09 Å². The Kier molecular flexibility index (Phi) is 7.73. The molecule has 0 radical (unpaired) electrons. The van der Waals surface area contributed by atoms with Crippen molar-refractivity contribution in [3.8, 4) is 0 Å². The highest BCUT2D eigenvalue weighted by Gasteiger charge is 2.72. The number of hydrogen-bond acceptors (Lipinski definition) is 7. The molecule has 4 aliphatic heterocycles. The van der Waals surface area contributed by atoms with Crippen molar-refractivity contribution in [1.29, 1.82) is 0 Å². The number of nitrogens with zero attached hydrogens (tertiary/aromatic N) is 3. The number of piperazine rings is 1. The van der Waals surface area contributed by atoms with E-state index < -0.39 is 6.43 Å². The number of ether oxygens (including phenoxy) is 4. The number of halogens is 2. The van der Waals surface area contributed by atoms with Crippen molar-refractivity contribution in [1.82, 2.24) is 14.7 Å². The van der Waals surface area contributed by atoms with E-state index in [1.807, 2.05) is 9.80 Å². The lowest BCUT2D eigenvalue weighted by Crippen LogP contribution is -2.65. The van der Waals surface area contributed by atoms with Crippen molar-refractivity contribution in [2.45, 2.75) is 88.8 Å². The lowest BCUT2D eigenvalue weighted by molar-refractivity contribution is -0.137. The molecule has 6 rings (SSSR count). The van der Waals surface area contributed by atoms with Gasteiger partial charge < -0.3 is 28.7 Å². The van der Waals surface area contributed by atoms with E-state index in [0.29, 0.717) is 12.5 Å². The lowest BCUT2D eigenvalue weighted by Gasteiger charge is -2.59. The van der Waals surface area contributed by atoms with Crippen LogP contribution in [0.3, 0.4) is 0 Å². The van der Waals surface area contributed by atoms with E-state index in [4.69, 9.17) is 18.9 Å². The van der Waals surface area contributed by atoms with Crippen molar-refractivity contribution in [3.05, 3.63) is 11.6 Å². The molecular formula is C30H47F2N3O5. The van der Waals surface area contributed by atoms with Gasteiger partial charge in [0.15, 0.2) is 0 Å². The van der Waals surface area contributed by atoms with Crippen molar-refractivity contribution >= 4 is 6.09 Å². The summed E-state index contributed by atoms with van der Waals surface area (Å²) < 4.78 is 49.7. The molecule has 226 valence electrons. The molecule has 0 aromatic carbocycles. The lowest BCUT2D eigenvalue weighted by atomic mass is 9.57. The molecule has 2 spiro atoms. The minimum absolute atomic E-state index is 0.0273. The predicted molar refractivity (Wildman–Crippen MR) is 145 cm³/mol. The quantitative estimate of drug-likeness (QED) is 0.310. The summed E-state index contributed by atoms with van der Waals surface area (Å²) in [7, 11) is 1.71. The number of alkyl halides is 2. The molecule has 40 heavy (non-hydrogen) atoms. The Hall–Kier alpha value is -1.33. The van der Waals surface area contributed by atoms with Gasteiger partial charge in [0.2, 0.25) is 0 Å². The second-order valence-corrected chi connectivity index (χ2v) is 13.9. The molecule has 0 aromatic heterocycles. The van der Waals surface area contributed by atoms with Crippen LogP contribution in [-0.4, -0.2) is 123 Å². The van der Waals surface area contributed by atoms with Crippen LogP contribution in [-0.2, 0) is 18.9 Å². The monoisotopic (exact) mass is 567 g/mol. The van der Waals surface area contributed by atoms with Gasteiger partial charge in [0, 0.05) is 58.3 Å². The van der Waals surface area contributed by atoms with Crippen LogP contribution in [0.2, 0.25) is 0 Å². The van der Waals surface area contributed by atoms with Crippen LogP contribution >= 0.6 is 0 Å². The zero-order chi connectivity index (χ0) is 28.3. The van der Waals surface area contributed by atoms with E-state index in [0.717, 1.165) is 77.9 Å². The smallest absolute Gasteiger partial charge is 0.410 e. The number of likely N-dealkylation sites (tertiary alicyclic amines) is 1. The molecule has 6 aliphatic rings. The van der Waals surface area contributed by atoms with Crippen LogP contribution in [0, 0.1) is 17.3 Å². The highest BCUT2D eigenvalue weighted by molar-refractivity contribution is 5.69. The summed E-state index contributed by atoms with van der Waals surface area (Å²) in [6, 6.07) is 0. The Bertz CT molecular complexity index is 966. The first-order valence-electron chi connectivity index (χ1n) is 15.2. The summed E-state index contributed by atoms with van der Waals surface area (Å²) >= 11 is 0.